The van der Waals surface area contributed by atoms with Crippen molar-refractivity contribution < 1.29 is 0 Å². The van der Waals surface area contributed by atoms with Crippen LogP contribution in [0.25, 0.3) is 27.3 Å². The van der Waals surface area contributed by atoms with Crippen molar-refractivity contribution >= 4 is 62.3 Å². The summed E-state index contributed by atoms with van der Waals surface area (Å²) in [5.41, 5.74) is 3.26. The van der Waals surface area contributed by atoms with Gasteiger partial charge < -0.3 is 5.32 Å². The zero-order chi connectivity index (χ0) is 18.4. The summed E-state index contributed by atoms with van der Waals surface area (Å²) in [6.07, 6.45) is 1.66. The highest BCUT2D eigenvalue weighted by molar-refractivity contribution is 7.15. The third-order valence-corrected chi connectivity index (χ3v) is 5.36. The van der Waals surface area contributed by atoms with E-state index in [1.54, 1.807) is 22.8 Å². The number of aromatic nitrogens is 5. The van der Waals surface area contributed by atoms with E-state index in [0.29, 0.717) is 21.8 Å². The second kappa shape index (κ2) is 6.45. The van der Waals surface area contributed by atoms with E-state index < -0.39 is 0 Å². The van der Waals surface area contributed by atoms with Crippen LogP contribution in [0.1, 0.15) is 0 Å². The van der Waals surface area contributed by atoms with Gasteiger partial charge in [0.05, 0.1) is 27.9 Å². The summed E-state index contributed by atoms with van der Waals surface area (Å²) in [6, 6.07) is 13.0. The molecule has 0 aliphatic rings. The Morgan fingerprint density at radius 3 is 2.74 bits per heavy atom. The minimum Gasteiger partial charge on any atom is -0.306 e. The highest BCUT2D eigenvalue weighted by Gasteiger charge is 2.15. The van der Waals surface area contributed by atoms with E-state index >= 15 is 0 Å². The number of nitrogens with zero attached hydrogens (tertiary/aromatic N) is 5. The SMILES string of the molecule is Clc1ccc(Cl)c(-c2csc3nc(Nc4cnc5ccccc5n4)nn23)c1. The predicted octanol–water partition coefficient (Wildman–Crippen LogP) is 5.45. The molecule has 3 heterocycles. The van der Waals surface area contributed by atoms with Crippen molar-refractivity contribution in [2.45, 2.75) is 0 Å². The van der Waals surface area contributed by atoms with Crippen LogP contribution in [-0.4, -0.2) is 24.6 Å². The fourth-order valence-electron chi connectivity index (χ4n) is 2.75. The second-order valence-corrected chi connectivity index (χ2v) is 7.42. The normalized spacial score (nSPS) is 11.3. The highest BCUT2D eigenvalue weighted by atomic mass is 35.5. The van der Waals surface area contributed by atoms with Crippen molar-refractivity contribution in [3.05, 3.63) is 64.1 Å². The van der Waals surface area contributed by atoms with Gasteiger partial charge in [0.25, 0.3) is 0 Å². The van der Waals surface area contributed by atoms with E-state index in [9.17, 15) is 0 Å². The van der Waals surface area contributed by atoms with Gasteiger partial charge in [-0.2, -0.15) is 4.98 Å². The number of hydrogen-bond donors (Lipinski definition) is 1. The van der Waals surface area contributed by atoms with E-state index in [1.807, 2.05) is 35.7 Å². The molecule has 0 saturated carbocycles. The van der Waals surface area contributed by atoms with E-state index in [0.717, 1.165) is 27.3 Å². The number of nitrogens with one attached hydrogen (secondary N) is 1. The maximum atomic E-state index is 6.33. The first-order valence-electron chi connectivity index (χ1n) is 7.96. The monoisotopic (exact) mass is 412 g/mol. The lowest BCUT2D eigenvalue weighted by Crippen LogP contribution is -1.98. The molecule has 2 aromatic carbocycles. The molecule has 9 heteroatoms. The summed E-state index contributed by atoms with van der Waals surface area (Å²) in [6.45, 7) is 0. The Morgan fingerprint density at radius 2 is 1.85 bits per heavy atom. The minimum absolute atomic E-state index is 0.436. The van der Waals surface area contributed by atoms with Crippen LogP contribution in [0, 0.1) is 0 Å². The van der Waals surface area contributed by atoms with Crippen molar-refractivity contribution in [1.82, 2.24) is 24.6 Å². The summed E-state index contributed by atoms with van der Waals surface area (Å²) >= 11 is 13.9. The smallest absolute Gasteiger partial charge is 0.249 e. The van der Waals surface area contributed by atoms with Crippen molar-refractivity contribution in [2.24, 2.45) is 0 Å². The van der Waals surface area contributed by atoms with Crippen LogP contribution in [0.2, 0.25) is 10.0 Å². The van der Waals surface area contributed by atoms with Crippen molar-refractivity contribution in [1.29, 1.82) is 0 Å². The number of fused-ring (bicyclic) bond motifs is 2. The topological polar surface area (TPSA) is 68.0 Å². The van der Waals surface area contributed by atoms with Gasteiger partial charge in [-0.1, -0.05) is 35.3 Å². The predicted molar refractivity (Wildman–Crippen MR) is 109 cm³/mol. The Labute approximate surface area is 167 Å². The zero-order valence-electron chi connectivity index (χ0n) is 13.6. The van der Waals surface area contributed by atoms with Gasteiger partial charge in [0.15, 0.2) is 5.82 Å². The summed E-state index contributed by atoms with van der Waals surface area (Å²) < 4.78 is 1.74. The largest absolute Gasteiger partial charge is 0.306 e. The fourth-order valence-corrected chi connectivity index (χ4v) is 3.95. The average Bonchev–Trinajstić information content (AvgIpc) is 3.24. The lowest BCUT2D eigenvalue weighted by molar-refractivity contribution is 0.987. The molecule has 27 heavy (non-hydrogen) atoms. The van der Waals surface area contributed by atoms with Gasteiger partial charge in [-0.05, 0) is 30.3 Å². The first-order chi connectivity index (χ1) is 13.2. The summed E-state index contributed by atoms with van der Waals surface area (Å²) in [7, 11) is 0. The third kappa shape index (κ3) is 2.99. The second-order valence-electron chi connectivity index (χ2n) is 5.74. The van der Waals surface area contributed by atoms with Crippen LogP contribution in [-0.2, 0) is 0 Å². The van der Waals surface area contributed by atoms with E-state index in [-0.39, 0.29) is 0 Å². The Bertz CT molecular complexity index is 1300. The zero-order valence-corrected chi connectivity index (χ0v) is 15.9. The Hall–Kier alpha value is -2.74. The lowest BCUT2D eigenvalue weighted by atomic mass is 10.2. The Kier molecular flexibility index (Phi) is 3.93. The minimum atomic E-state index is 0.436. The number of para-hydroxylation sites is 2. The van der Waals surface area contributed by atoms with Crippen LogP contribution in [0.15, 0.2) is 54.0 Å². The number of rotatable bonds is 3. The van der Waals surface area contributed by atoms with Crippen LogP contribution < -0.4 is 5.32 Å². The molecule has 6 nitrogen and oxygen atoms in total. The lowest BCUT2D eigenvalue weighted by Gasteiger charge is -2.03. The van der Waals surface area contributed by atoms with Crippen molar-refractivity contribution in [3.63, 3.8) is 0 Å². The van der Waals surface area contributed by atoms with Gasteiger partial charge >= 0.3 is 0 Å². The molecule has 5 rings (SSSR count). The van der Waals surface area contributed by atoms with Crippen LogP contribution >= 0.6 is 34.5 Å². The maximum Gasteiger partial charge on any atom is 0.249 e. The number of thiazole rings is 1. The fraction of sp³-hybridized carbons (Fsp3) is 0. The molecule has 5 aromatic rings. The first kappa shape index (κ1) is 16.4. The molecule has 0 amide bonds. The van der Waals surface area contributed by atoms with Gasteiger partial charge in [-0.15, -0.1) is 16.4 Å². The average molecular weight is 413 g/mol. The molecule has 0 aliphatic carbocycles. The van der Waals surface area contributed by atoms with E-state index in [2.05, 4.69) is 25.4 Å². The molecule has 0 saturated heterocycles. The molecule has 0 aliphatic heterocycles. The van der Waals surface area contributed by atoms with Gasteiger partial charge in [-0.3, -0.25) is 4.98 Å². The summed E-state index contributed by atoms with van der Waals surface area (Å²) in [5.74, 6) is 1.01. The summed E-state index contributed by atoms with van der Waals surface area (Å²) in [5, 5.41) is 10.8. The van der Waals surface area contributed by atoms with Gasteiger partial charge in [0.1, 0.15) is 0 Å². The standard InChI is InChI=1S/C18H10Cl2N6S/c19-10-5-6-12(20)11(7-10)15-9-27-18-24-17(25-26(15)18)23-16-8-21-13-3-1-2-4-14(13)22-16/h1-9H,(H,22,23,25). The first-order valence-corrected chi connectivity index (χ1v) is 9.59. The number of benzene rings is 2. The van der Waals surface area contributed by atoms with Crippen LogP contribution in [0.3, 0.4) is 0 Å². The number of hydrogen-bond acceptors (Lipinski definition) is 6. The molecular weight excluding hydrogens is 403 g/mol. The third-order valence-electron chi connectivity index (χ3n) is 3.97. The molecule has 0 fully saturated rings. The van der Waals surface area contributed by atoms with Crippen molar-refractivity contribution in [3.8, 4) is 11.3 Å². The molecule has 3 aromatic heterocycles. The highest BCUT2D eigenvalue weighted by Crippen LogP contribution is 2.33. The van der Waals surface area contributed by atoms with Gasteiger partial charge in [0, 0.05) is 16.0 Å². The van der Waals surface area contributed by atoms with Crippen LogP contribution in [0.5, 0.6) is 0 Å². The Morgan fingerprint density at radius 1 is 1.00 bits per heavy atom. The molecule has 0 spiro atoms. The molecule has 0 atom stereocenters. The molecule has 1 N–H and O–H groups in total. The molecule has 0 unspecified atom stereocenters. The van der Waals surface area contributed by atoms with E-state index in [1.165, 1.54) is 11.3 Å². The van der Waals surface area contributed by atoms with Gasteiger partial charge in [-0.25, -0.2) is 9.50 Å². The number of halogens is 2. The maximum absolute atomic E-state index is 6.33. The Balaban J connectivity index is 1.53. The van der Waals surface area contributed by atoms with E-state index in [4.69, 9.17) is 23.2 Å². The number of anilines is 2. The summed E-state index contributed by atoms with van der Waals surface area (Å²) in [4.78, 5) is 14.2. The molecule has 0 bridgehead atoms. The molecule has 0 radical (unpaired) electrons. The quantitative estimate of drug-likeness (QED) is 0.426. The van der Waals surface area contributed by atoms with Crippen LogP contribution in [0.4, 0.5) is 11.8 Å². The molecule has 132 valence electrons. The van der Waals surface area contributed by atoms with Gasteiger partial charge in [0.2, 0.25) is 10.9 Å². The van der Waals surface area contributed by atoms with Crippen molar-refractivity contribution in [2.75, 3.05) is 5.32 Å². The molecular formula is C18H10Cl2N6S.